The number of piperidine rings is 1. The summed E-state index contributed by atoms with van der Waals surface area (Å²) >= 11 is 0. The van der Waals surface area contributed by atoms with Crippen LogP contribution in [0.5, 0.6) is 0 Å². The van der Waals surface area contributed by atoms with Crippen molar-refractivity contribution in [3.8, 4) is 6.07 Å². The second kappa shape index (κ2) is 7.61. The molecule has 1 saturated heterocycles. The first-order valence-corrected chi connectivity index (χ1v) is 11.4. The fourth-order valence-corrected chi connectivity index (χ4v) is 5.42. The van der Waals surface area contributed by atoms with Crippen LogP contribution in [-0.4, -0.2) is 51.0 Å². The van der Waals surface area contributed by atoms with Crippen LogP contribution < -0.4 is 15.5 Å². The van der Waals surface area contributed by atoms with Gasteiger partial charge in [-0.25, -0.2) is 17.7 Å². The van der Waals surface area contributed by atoms with E-state index >= 15 is 0 Å². The lowest BCUT2D eigenvalue weighted by Gasteiger charge is -2.37. The summed E-state index contributed by atoms with van der Waals surface area (Å²) in [6.07, 6.45) is 0.808. The number of benzene rings is 1. The van der Waals surface area contributed by atoms with Gasteiger partial charge >= 0.3 is 0 Å². The number of nitrogens with zero attached hydrogens (tertiary/aromatic N) is 7. The minimum atomic E-state index is -2.83. The summed E-state index contributed by atoms with van der Waals surface area (Å²) in [4.78, 5) is 3.68. The smallest absolute Gasteiger partial charge is 0.266 e. The van der Waals surface area contributed by atoms with Gasteiger partial charge in [0.15, 0.2) is 5.82 Å². The van der Waals surface area contributed by atoms with Crippen molar-refractivity contribution in [2.45, 2.75) is 37.9 Å². The van der Waals surface area contributed by atoms with Gasteiger partial charge in [-0.15, -0.1) is 0 Å². The van der Waals surface area contributed by atoms with Crippen LogP contribution in [-0.2, 0) is 6.54 Å². The number of pyridine rings is 1. The molecule has 0 bridgehead atoms. The average molecular weight is 480 g/mol. The Bertz CT molecular complexity index is 1500. The van der Waals surface area contributed by atoms with Gasteiger partial charge in [0, 0.05) is 36.6 Å². The van der Waals surface area contributed by atoms with Crippen molar-refractivity contribution < 1.29 is 13.2 Å². The molecule has 2 aliphatic rings. The Morgan fingerprint density at radius 2 is 2.00 bits per heavy atom. The third-order valence-corrected chi connectivity index (χ3v) is 6.88. The highest BCUT2D eigenvalue weighted by atomic mass is 19.3. The van der Waals surface area contributed by atoms with Gasteiger partial charge in [-0.2, -0.15) is 15.5 Å². The number of anilines is 2. The normalized spacial score (nSPS) is 21.9. The van der Waals surface area contributed by atoms with Crippen molar-refractivity contribution in [1.82, 2.24) is 19.4 Å². The van der Waals surface area contributed by atoms with E-state index in [-0.39, 0.29) is 30.2 Å². The Balaban J connectivity index is 1.38. The lowest BCUT2D eigenvalue weighted by molar-refractivity contribution is -0.0172. The maximum Gasteiger partial charge on any atom is 0.266 e. The maximum atomic E-state index is 14.7. The lowest BCUT2D eigenvalue weighted by atomic mass is 10.0. The highest BCUT2D eigenvalue weighted by Gasteiger charge is 2.39. The largest absolute Gasteiger partial charge is 0.364 e. The molecule has 2 N–H and O–H groups in total. The summed E-state index contributed by atoms with van der Waals surface area (Å²) in [6.45, 7) is 3.08. The summed E-state index contributed by atoms with van der Waals surface area (Å²) in [7, 11) is 0. The molecule has 0 amide bonds. The molecule has 11 heteroatoms. The van der Waals surface area contributed by atoms with Crippen molar-refractivity contribution in [3.63, 3.8) is 0 Å². The van der Waals surface area contributed by atoms with Crippen molar-refractivity contribution in [3.05, 3.63) is 53.7 Å². The number of fused-ring (bicyclic) bond motifs is 4. The van der Waals surface area contributed by atoms with Crippen LogP contribution in [0, 0.1) is 17.1 Å². The monoisotopic (exact) mass is 480 g/mol. The number of hydrogen-bond donors (Lipinski definition) is 1. The van der Waals surface area contributed by atoms with Crippen LogP contribution in [0.15, 0.2) is 36.5 Å². The minimum Gasteiger partial charge on any atom is -0.364 e. The molecule has 1 fully saturated rings. The average Bonchev–Trinajstić information content (AvgIpc) is 3.38. The summed E-state index contributed by atoms with van der Waals surface area (Å²) < 4.78 is 46.2. The van der Waals surface area contributed by atoms with Crippen LogP contribution in [0.25, 0.3) is 16.4 Å². The molecular weight excluding hydrogens is 457 g/mol. The Morgan fingerprint density at radius 1 is 1.17 bits per heavy atom. The van der Waals surface area contributed by atoms with Gasteiger partial charge in [-0.3, -0.25) is 4.68 Å². The fourth-order valence-electron chi connectivity index (χ4n) is 5.42. The first-order valence-electron chi connectivity index (χ1n) is 11.4. The summed E-state index contributed by atoms with van der Waals surface area (Å²) in [5, 5.41) is 19.1. The predicted molar refractivity (Wildman–Crippen MR) is 125 cm³/mol. The molecule has 1 aromatic carbocycles. The molecule has 4 aromatic rings. The second-order valence-electron chi connectivity index (χ2n) is 9.49. The number of alkyl halides is 2. The standard InChI is InChI=1S/C24H23F3N8/c1-14-10-32(21-5-3-17(8-28)35-23(21)19(25)9-30-35)12-22-18-4-2-16(6-20(18)31-34(14)22)33-11-15(29)7-24(26,27)13-33/h2-6,9,14-15H,7,10-13,29H2,1H3/t14-,15-/m1/s1. The van der Waals surface area contributed by atoms with Crippen LogP contribution in [0.2, 0.25) is 0 Å². The van der Waals surface area contributed by atoms with Crippen molar-refractivity contribution >= 4 is 27.8 Å². The molecule has 5 heterocycles. The maximum absolute atomic E-state index is 14.7. The van der Waals surface area contributed by atoms with E-state index in [1.54, 1.807) is 17.0 Å². The third-order valence-electron chi connectivity index (χ3n) is 6.88. The SMILES string of the molecule is C[C@@H]1CN(c2ccc(C#N)n3ncc(F)c23)Cc2c3ccc(N4C[C@H](N)CC(F)(F)C4)cc3nn21. The van der Waals surface area contributed by atoms with Crippen molar-refractivity contribution in [2.24, 2.45) is 5.73 Å². The number of aromatic nitrogens is 4. The number of nitriles is 1. The van der Waals surface area contributed by atoms with Crippen LogP contribution in [0.3, 0.4) is 0 Å². The molecule has 8 nitrogen and oxygen atoms in total. The Labute approximate surface area is 198 Å². The van der Waals surface area contributed by atoms with Gasteiger partial charge in [-0.1, -0.05) is 0 Å². The molecule has 0 radical (unpaired) electrons. The Kier molecular flexibility index (Phi) is 4.73. The lowest BCUT2D eigenvalue weighted by Crippen LogP contribution is -2.52. The van der Waals surface area contributed by atoms with Crippen molar-refractivity contribution in [2.75, 3.05) is 29.4 Å². The van der Waals surface area contributed by atoms with E-state index in [2.05, 4.69) is 10.00 Å². The molecular formula is C24H23F3N8. The Hall–Kier alpha value is -3.78. The molecule has 0 aliphatic carbocycles. The molecule has 0 spiro atoms. The van der Waals surface area contributed by atoms with Gasteiger partial charge in [0.1, 0.15) is 17.3 Å². The number of nitrogens with two attached hydrogens (primary N) is 1. The number of hydrogen-bond acceptors (Lipinski definition) is 6. The van der Waals surface area contributed by atoms with Crippen molar-refractivity contribution in [1.29, 1.82) is 5.26 Å². The molecule has 3 aromatic heterocycles. The molecule has 0 saturated carbocycles. The molecule has 2 aliphatic heterocycles. The summed E-state index contributed by atoms with van der Waals surface area (Å²) in [5.74, 6) is -3.32. The molecule has 35 heavy (non-hydrogen) atoms. The van der Waals surface area contributed by atoms with E-state index in [1.807, 2.05) is 35.9 Å². The first kappa shape index (κ1) is 21.7. The first-order chi connectivity index (χ1) is 16.7. The summed E-state index contributed by atoms with van der Waals surface area (Å²) in [6, 6.07) is 10.4. The van der Waals surface area contributed by atoms with Gasteiger partial charge < -0.3 is 15.5 Å². The predicted octanol–water partition coefficient (Wildman–Crippen LogP) is 3.45. The zero-order chi connectivity index (χ0) is 24.5. The van der Waals surface area contributed by atoms with E-state index in [0.29, 0.717) is 36.5 Å². The molecule has 0 unspecified atom stereocenters. The zero-order valence-corrected chi connectivity index (χ0v) is 19.0. The van der Waals surface area contributed by atoms with E-state index in [0.717, 1.165) is 17.3 Å². The van der Waals surface area contributed by atoms with Gasteiger partial charge in [0.25, 0.3) is 5.92 Å². The minimum absolute atomic E-state index is 0.0241. The van der Waals surface area contributed by atoms with Gasteiger partial charge in [0.05, 0.1) is 42.2 Å². The second-order valence-corrected chi connectivity index (χ2v) is 9.49. The van der Waals surface area contributed by atoms with Crippen LogP contribution >= 0.6 is 0 Å². The molecule has 180 valence electrons. The Morgan fingerprint density at radius 3 is 2.77 bits per heavy atom. The van der Waals surface area contributed by atoms with Gasteiger partial charge in [-0.05, 0) is 37.3 Å². The number of rotatable bonds is 2. The summed E-state index contributed by atoms with van der Waals surface area (Å²) in [5.41, 5.74) is 9.38. The molecule has 6 rings (SSSR count). The van der Waals surface area contributed by atoms with E-state index in [4.69, 9.17) is 10.8 Å². The van der Waals surface area contributed by atoms with Crippen LogP contribution in [0.4, 0.5) is 24.5 Å². The topological polar surface area (TPSA) is 91.4 Å². The highest BCUT2D eigenvalue weighted by Crippen LogP contribution is 2.36. The molecule has 2 atom stereocenters. The quantitative estimate of drug-likeness (QED) is 0.473. The van der Waals surface area contributed by atoms with Gasteiger partial charge in [0.2, 0.25) is 0 Å². The van der Waals surface area contributed by atoms with E-state index in [1.165, 1.54) is 4.52 Å². The van der Waals surface area contributed by atoms with E-state index < -0.39 is 17.8 Å². The third kappa shape index (κ3) is 3.47. The zero-order valence-electron chi connectivity index (χ0n) is 19.0. The number of halogens is 3. The van der Waals surface area contributed by atoms with Crippen LogP contribution in [0.1, 0.15) is 30.8 Å². The van der Waals surface area contributed by atoms with E-state index in [9.17, 15) is 18.4 Å². The fraction of sp³-hybridized carbons (Fsp3) is 0.375. The highest BCUT2D eigenvalue weighted by molar-refractivity contribution is 5.86.